The van der Waals surface area contributed by atoms with Crippen molar-refractivity contribution < 1.29 is 19.1 Å². The zero-order valence-electron chi connectivity index (χ0n) is 20.4. The van der Waals surface area contributed by atoms with Gasteiger partial charge in [-0.15, -0.1) is 0 Å². The van der Waals surface area contributed by atoms with E-state index in [0.29, 0.717) is 43.4 Å². The molecule has 3 N–H and O–H groups in total. The summed E-state index contributed by atoms with van der Waals surface area (Å²) in [5.74, 6) is 1.87. The zero-order valence-corrected chi connectivity index (χ0v) is 20.4. The summed E-state index contributed by atoms with van der Waals surface area (Å²) >= 11 is 0. The van der Waals surface area contributed by atoms with Gasteiger partial charge >= 0.3 is 0 Å². The van der Waals surface area contributed by atoms with Gasteiger partial charge in [-0.05, 0) is 77.0 Å². The second-order valence-electron chi connectivity index (χ2n) is 11.3. The number of hydrogen-bond acceptors (Lipinski definition) is 5. The Morgan fingerprint density at radius 1 is 1.09 bits per heavy atom. The van der Waals surface area contributed by atoms with Crippen LogP contribution in [-0.2, 0) is 19.1 Å². The van der Waals surface area contributed by atoms with Gasteiger partial charge in [0.2, 0.25) is 11.8 Å². The van der Waals surface area contributed by atoms with Crippen molar-refractivity contribution in [1.82, 2.24) is 16.0 Å². The number of amides is 2. The molecule has 0 aromatic rings. The molecule has 2 amide bonds. The van der Waals surface area contributed by atoms with Crippen LogP contribution in [0, 0.1) is 23.7 Å². The largest absolute Gasteiger partial charge is 0.381 e. The van der Waals surface area contributed by atoms with Crippen molar-refractivity contribution in [3.8, 4) is 0 Å². The Balaban J connectivity index is 1.42. The summed E-state index contributed by atoms with van der Waals surface area (Å²) in [6.45, 7) is 11.4. The van der Waals surface area contributed by atoms with Crippen molar-refractivity contribution in [3.63, 3.8) is 0 Å². The molecule has 32 heavy (non-hydrogen) atoms. The number of rotatable bonds is 6. The van der Waals surface area contributed by atoms with Crippen molar-refractivity contribution in [2.75, 3.05) is 26.4 Å². The maximum absolute atomic E-state index is 12.5. The molecule has 182 valence electrons. The molecular formula is C25H43N3O4. The number of hydrogen-bond donors (Lipinski definition) is 3. The molecule has 3 saturated heterocycles. The minimum atomic E-state index is -0.222. The summed E-state index contributed by atoms with van der Waals surface area (Å²) in [5, 5.41) is 10.4. The molecule has 7 nitrogen and oxygen atoms in total. The Hall–Kier alpha value is -1.18. The van der Waals surface area contributed by atoms with E-state index in [1.165, 1.54) is 0 Å². The second kappa shape index (κ2) is 9.59. The average Bonchev–Trinajstić information content (AvgIpc) is 2.72. The monoisotopic (exact) mass is 449 g/mol. The number of ether oxygens (including phenoxy) is 2. The number of carbonyl (C=O) groups is 2. The lowest BCUT2D eigenvalue weighted by Crippen LogP contribution is -2.75. The molecule has 3 aliphatic heterocycles. The van der Waals surface area contributed by atoms with Crippen molar-refractivity contribution in [1.29, 1.82) is 0 Å². The first kappa shape index (κ1) is 24.0. The Morgan fingerprint density at radius 2 is 1.81 bits per heavy atom. The Bertz CT molecular complexity index is 693. The molecule has 0 aromatic heterocycles. The van der Waals surface area contributed by atoms with Crippen LogP contribution in [0.15, 0.2) is 0 Å². The molecule has 4 fully saturated rings. The van der Waals surface area contributed by atoms with Crippen LogP contribution in [0.1, 0.15) is 72.6 Å². The fraction of sp³-hybridized carbons (Fsp3) is 0.920. The molecule has 0 aromatic carbocycles. The molecule has 0 spiro atoms. The van der Waals surface area contributed by atoms with Crippen LogP contribution in [-0.4, -0.2) is 61.4 Å². The van der Waals surface area contributed by atoms with E-state index in [1.54, 1.807) is 6.92 Å². The van der Waals surface area contributed by atoms with Gasteiger partial charge in [0.05, 0.1) is 11.6 Å². The van der Waals surface area contributed by atoms with Crippen LogP contribution in [0.25, 0.3) is 0 Å². The molecule has 1 aliphatic carbocycles. The SMILES string of the molecule is CC(=O)N[C@]12CCO[C@@H](CCNC(=O)CC3CCOCC3)[C@@H]1CC1CC2[C@@H](C)NC1(C)C. The van der Waals surface area contributed by atoms with E-state index in [9.17, 15) is 9.59 Å². The van der Waals surface area contributed by atoms with Gasteiger partial charge in [0.1, 0.15) is 0 Å². The Labute approximate surface area is 193 Å². The first-order valence-electron chi connectivity index (χ1n) is 12.7. The maximum atomic E-state index is 12.5. The van der Waals surface area contributed by atoms with Gasteiger partial charge < -0.3 is 25.4 Å². The van der Waals surface area contributed by atoms with E-state index in [1.807, 2.05) is 0 Å². The van der Waals surface area contributed by atoms with Crippen LogP contribution in [0.4, 0.5) is 0 Å². The molecule has 6 atom stereocenters. The maximum Gasteiger partial charge on any atom is 0.220 e. The van der Waals surface area contributed by atoms with E-state index in [2.05, 4.69) is 36.7 Å². The van der Waals surface area contributed by atoms with Crippen LogP contribution in [0.5, 0.6) is 0 Å². The van der Waals surface area contributed by atoms with Crippen LogP contribution >= 0.6 is 0 Å². The highest BCUT2D eigenvalue weighted by molar-refractivity contribution is 5.76. The molecule has 4 aliphatic rings. The van der Waals surface area contributed by atoms with E-state index >= 15 is 0 Å². The van der Waals surface area contributed by atoms with Crippen molar-refractivity contribution >= 4 is 11.8 Å². The van der Waals surface area contributed by atoms with Gasteiger partial charge in [-0.3, -0.25) is 9.59 Å². The summed E-state index contributed by atoms with van der Waals surface area (Å²) in [6, 6.07) is 0.342. The summed E-state index contributed by atoms with van der Waals surface area (Å²) in [6.07, 6.45) is 6.47. The second-order valence-corrected chi connectivity index (χ2v) is 11.3. The van der Waals surface area contributed by atoms with E-state index in [-0.39, 0.29) is 34.9 Å². The van der Waals surface area contributed by atoms with E-state index in [0.717, 1.165) is 51.7 Å². The highest BCUT2D eigenvalue weighted by Crippen LogP contribution is 2.54. The summed E-state index contributed by atoms with van der Waals surface area (Å²) in [5.41, 5.74) is -0.140. The van der Waals surface area contributed by atoms with E-state index < -0.39 is 0 Å². The van der Waals surface area contributed by atoms with Gasteiger partial charge in [-0.1, -0.05) is 0 Å². The summed E-state index contributed by atoms with van der Waals surface area (Å²) in [4.78, 5) is 24.8. The first-order valence-corrected chi connectivity index (χ1v) is 12.7. The standard InChI is InChI=1S/C25H43N3O4/c1-16-20-14-19(24(3,4)27-16)15-21-22(32-12-8-25(20,21)28-17(2)29)5-9-26-23(30)13-18-6-10-31-11-7-18/h16,18-22,27H,5-15H2,1-4H3,(H,26,30)(H,28,29)/t16-,19?,20?,21+,22+,25+/m1/s1. The molecule has 3 heterocycles. The summed E-state index contributed by atoms with van der Waals surface area (Å²) < 4.78 is 11.7. The number of nitrogens with one attached hydrogen (secondary N) is 3. The van der Waals surface area contributed by atoms with Gasteiger partial charge in [0, 0.05) is 57.2 Å². The number of fused-ring (bicyclic) bond motifs is 4. The van der Waals surface area contributed by atoms with Crippen LogP contribution in [0.3, 0.4) is 0 Å². The van der Waals surface area contributed by atoms with Gasteiger partial charge in [0.25, 0.3) is 0 Å². The lowest BCUT2D eigenvalue weighted by atomic mass is 9.52. The zero-order chi connectivity index (χ0) is 22.9. The third kappa shape index (κ3) is 4.85. The fourth-order valence-corrected chi connectivity index (χ4v) is 7.30. The van der Waals surface area contributed by atoms with Gasteiger partial charge in [0.15, 0.2) is 0 Å². The molecule has 0 radical (unpaired) electrons. The fourth-order valence-electron chi connectivity index (χ4n) is 7.30. The highest BCUT2D eigenvalue weighted by atomic mass is 16.5. The van der Waals surface area contributed by atoms with Crippen molar-refractivity contribution in [3.05, 3.63) is 0 Å². The van der Waals surface area contributed by atoms with Gasteiger partial charge in [-0.2, -0.15) is 0 Å². The quantitative estimate of drug-likeness (QED) is 0.579. The number of carbonyl (C=O) groups excluding carboxylic acids is 2. The third-order valence-electron chi connectivity index (χ3n) is 8.90. The Kier molecular flexibility index (Phi) is 7.18. The molecule has 7 heteroatoms. The molecule has 1 saturated carbocycles. The molecule has 2 bridgehead atoms. The van der Waals surface area contributed by atoms with Crippen LogP contribution in [0.2, 0.25) is 0 Å². The molecule has 2 unspecified atom stereocenters. The van der Waals surface area contributed by atoms with Gasteiger partial charge in [-0.25, -0.2) is 0 Å². The van der Waals surface area contributed by atoms with E-state index in [4.69, 9.17) is 9.47 Å². The first-order chi connectivity index (χ1) is 15.2. The smallest absolute Gasteiger partial charge is 0.220 e. The average molecular weight is 450 g/mol. The lowest BCUT2D eigenvalue weighted by Gasteiger charge is -2.63. The summed E-state index contributed by atoms with van der Waals surface area (Å²) in [7, 11) is 0. The lowest BCUT2D eigenvalue weighted by molar-refractivity contribution is -0.160. The predicted molar refractivity (Wildman–Crippen MR) is 123 cm³/mol. The third-order valence-corrected chi connectivity index (χ3v) is 8.90. The Morgan fingerprint density at radius 3 is 2.53 bits per heavy atom. The normalized spacial score (nSPS) is 39.1. The molecule has 4 rings (SSSR count). The topological polar surface area (TPSA) is 88.7 Å². The molecular weight excluding hydrogens is 406 g/mol. The minimum Gasteiger partial charge on any atom is -0.381 e. The predicted octanol–water partition coefficient (Wildman–Crippen LogP) is 2.39. The van der Waals surface area contributed by atoms with Crippen molar-refractivity contribution in [2.24, 2.45) is 23.7 Å². The van der Waals surface area contributed by atoms with Crippen molar-refractivity contribution in [2.45, 2.75) is 95.9 Å². The number of piperidine rings is 1. The van der Waals surface area contributed by atoms with Crippen LogP contribution < -0.4 is 16.0 Å². The highest BCUT2D eigenvalue weighted by Gasteiger charge is 2.60. The minimum absolute atomic E-state index is 0.0518.